The number of hydrogen-bond acceptors (Lipinski definition) is 2. The molecule has 0 aliphatic heterocycles. The molecule has 0 saturated carbocycles. The van der Waals surface area contributed by atoms with Crippen molar-refractivity contribution in [3.05, 3.63) is 57.9 Å². The van der Waals surface area contributed by atoms with Crippen molar-refractivity contribution in [1.82, 2.24) is 4.57 Å². The Hall–Kier alpha value is -2.36. The van der Waals surface area contributed by atoms with Crippen LogP contribution in [-0.2, 0) is 17.6 Å². The molecule has 2 aromatic rings. The van der Waals surface area contributed by atoms with E-state index in [9.17, 15) is 9.59 Å². The Labute approximate surface area is 130 Å². The molecule has 1 aromatic heterocycles. The minimum atomic E-state index is -0.993. The number of benzene rings is 1. The number of hydrogen-bond donors (Lipinski definition) is 1. The Bertz CT molecular complexity index is 727. The van der Waals surface area contributed by atoms with E-state index in [1.54, 1.807) is 10.6 Å². The lowest BCUT2D eigenvalue weighted by Crippen LogP contribution is -2.27. The maximum Gasteiger partial charge on any atom is 0.308 e. The molecule has 0 amide bonds. The van der Waals surface area contributed by atoms with Crippen LogP contribution >= 0.6 is 0 Å². The molecule has 4 heteroatoms. The van der Waals surface area contributed by atoms with Gasteiger partial charge in [0, 0.05) is 11.6 Å². The number of carboxylic acid groups (broad SMARTS) is 1. The minimum absolute atomic E-state index is 0.0397. The third-order valence-electron chi connectivity index (χ3n) is 3.71. The second-order valence-electron chi connectivity index (χ2n) is 5.63. The molecule has 1 N–H and O–H groups in total. The summed E-state index contributed by atoms with van der Waals surface area (Å²) in [5.74, 6) is -0.993. The topological polar surface area (TPSA) is 59.3 Å². The van der Waals surface area contributed by atoms with Crippen LogP contribution in [0.25, 0.3) is 11.3 Å². The molecule has 0 radical (unpaired) electrons. The van der Waals surface area contributed by atoms with Gasteiger partial charge in [-0.15, -0.1) is 0 Å². The van der Waals surface area contributed by atoms with Gasteiger partial charge in [0.2, 0.25) is 0 Å². The number of nitrogens with zero attached hydrogens (tertiary/aromatic N) is 1. The summed E-state index contributed by atoms with van der Waals surface area (Å²) in [7, 11) is 0. The number of rotatable bonds is 5. The van der Waals surface area contributed by atoms with Crippen molar-refractivity contribution < 1.29 is 9.90 Å². The molecule has 2 rings (SSSR count). The molecule has 0 atom stereocenters. The van der Waals surface area contributed by atoms with Crippen LogP contribution < -0.4 is 5.56 Å². The minimum Gasteiger partial charge on any atom is -0.481 e. The smallest absolute Gasteiger partial charge is 0.308 e. The highest BCUT2D eigenvalue weighted by Crippen LogP contribution is 2.22. The van der Waals surface area contributed by atoms with Crippen molar-refractivity contribution in [2.75, 3.05) is 0 Å². The van der Waals surface area contributed by atoms with Crippen LogP contribution in [0.2, 0.25) is 0 Å². The first kappa shape index (κ1) is 16.0. The van der Waals surface area contributed by atoms with Crippen molar-refractivity contribution in [2.24, 2.45) is 0 Å². The fourth-order valence-corrected chi connectivity index (χ4v) is 2.55. The summed E-state index contributed by atoms with van der Waals surface area (Å²) in [4.78, 5) is 23.4. The predicted octanol–water partition coefficient (Wildman–Crippen LogP) is 3.29. The third-order valence-corrected chi connectivity index (χ3v) is 3.71. The van der Waals surface area contributed by atoms with Gasteiger partial charge in [-0.05, 0) is 37.5 Å². The largest absolute Gasteiger partial charge is 0.481 e. The molecule has 1 aromatic carbocycles. The Balaban J connectivity index is 2.57. The van der Waals surface area contributed by atoms with Crippen LogP contribution in [0.4, 0.5) is 0 Å². The van der Waals surface area contributed by atoms with Crippen LogP contribution in [0.1, 0.15) is 37.9 Å². The number of carboxylic acids is 1. The van der Waals surface area contributed by atoms with Gasteiger partial charge in [0.25, 0.3) is 5.56 Å². The summed E-state index contributed by atoms with van der Waals surface area (Å²) in [6.07, 6.45) is 0.718. The van der Waals surface area contributed by atoms with Gasteiger partial charge in [0.05, 0.1) is 12.1 Å². The van der Waals surface area contributed by atoms with E-state index in [1.807, 2.05) is 32.0 Å². The molecule has 0 saturated heterocycles. The highest BCUT2D eigenvalue weighted by molar-refractivity contribution is 5.70. The highest BCUT2D eigenvalue weighted by Gasteiger charge is 2.14. The van der Waals surface area contributed by atoms with Gasteiger partial charge >= 0.3 is 5.97 Å². The first-order valence-electron chi connectivity index (χ1n) is 7.49. The van der Waals surface area contributed by atoms with Crippen LogP contribution in [-0.4, -0.2) is 15.6 Å². The Morgan fingerprint density at radius 3 is 2.27 bits per heavy atom. The quantitative estimate of drug-likeness (QED) is 0.921. The van der Waals surface area contributed by atoms with Crippen LogP contribution in [0.3, 0.4) is 0 Å². The fraction of sp³-hybridized carbons (Fsp3) is 0.333. The zero-order chi connectivity index (χ0) is 16.3. The highest BCUT2D eigenvalue weighted by atomic mass is 16.4. The molecule has 4 nitrogen and oxygen atoms in total. The van der Waals surface area contributed by atoms with E-state index in [2.05, 4.69) is 19.1 Å². The lowest BCUT2D eigenvalue weighted by Gasteiger charge is -2.18. The third kappa shape index (κ3) is 3.27. The maximum atomic E-state index is 12.6. The molecular weight excluding hydrogens is 278 g/mol. The van der Waals surface area contributed by atoms with E-state index in [0.717, 1.165) is 17.7 Å². The van der Waals surface area contributed by atoms with Gasteiger partial charge in [-0.25, -0.2) is 0 Å². The van der Waals surface area contributed by atoms with E-state index < -0.39 is 5.97 Å². The molecular formula is C18H21NO3. The summed E-state index contributed by atoms with van der Waals surface area (Å²) < 4.78 is 1.67. The van der Waals surface area contributed by atoms with E-state index in [4.69, 9.17) is 5.11 Å². The Kier molecular flexibility index (Phi) is 4.81. The van der Waals surface area contributed by atoms with Gasteiger partial charge in [0.15, 0.2) is 0 Å². The van der Waals surface area contributed by atoms with Crippen LogP contribution in [0.15, 0.2) is 41.2 Å². The normalized spacial score (nSPS) is 10.9. The van der Waals surface area contributed by atoms with E-state index in [-0.39, 0.29) is 18.0 Å². The SMILES string of the molecule is CCc1ccc(-c2ccc(CC(=O)O)c(=O)n2C(C)C)cc1. The summed E-state index contributed by atoms with van der Waals surface area (Å²) in [5.41, 5.74) is 3.11. The number of pyridine rings is 1. The molecule has 0 aliphatic rings. The van der Waals surface area contributed by atoms with Crippen molar-refractivity contribution in [2.45, 2.75) is 39.7 Å². The maximum absolute atomic E-state index is 12.6. The molecule has 0 fully saturated rings. The molecule has 0 unspecified atom stereocenters. The van der Waals surface area contributed by atoms with Crippen LogP contribution in [0.5, 0.6) is 0 Å². The first-order valence-corrected chi connectivity index (χ1v) is 7.49. The van der Waals surface area contributed by atoms with E-state index >= 15 is 0 Å². The van der Waals surface area contributed by atoms with E-state index in [1.165, 1.54) is 5.56 Å². The molecule has 22 heavy (non-hydrogen) atoms. The zero-order valence-corrected chi connectivity index (χ0v) is 13.2. The fourth-order valence-electron chi connectivity index (χ4n) is 2.55. The molecule has 0 spiro atoms. The molecule has 116 valence electrons. The second-order valence-corrected chi connectivity index (χ2v) is 5.63. The monoisotopic (exact) mass is 299 g/mol. The Morgan fingerprint density at radius 2 is 1.77 bits per heavy atom. The Morgan fingerprint density at radius 1 is 1.14 bits per heavy atom. The van der Waals surface area contributed by atoms with Gasteiger partial charge in [-0.2, -0.15) is 0 Å². The summed E-state index contributed by atoms with van der Waals surface area (Å²) >= 11 is 0. The average Bonchev–Trinajstić information content (AvgIpc) is 2.48. The number of aryl methyl sites for hydroxylation is 1. The number of aromatic nitrogens is 1. The van der Waals surface area contributed by atoms with Crippen molar-refractivity contribution in [3.63, 3.8) is 0 Å². The van der Waals surface area contributed by atoms with Crippen molar-refractivity contribution in [1.29, 1.82) is 0 Å². The molecule has 0 aliphatic carbocycles. The summed E-state index contributed by atoms with van der Waals surface area (Å²) in [5, 5.41) is 8.92. The van der Waals surface area contributed by atoms with Crippen molar-refractivity contribution >= 4 is 5.97 Å². The predicted molar refractivity (Wildman–Crippen MR) is 87.2 cm³/mol. The summed E-state index contributed by atoms with van der Waals surface area (Å²) in [6.45, 7) is 5.95. The van der Waals surface area contributed by atoms with Gasteiger partial charge < -0.3 is 9.67 Å². The molecule has 0 bridgehead atoms. The first-order chi connectivity index (χ1) is 10.4. The van der Waals surface area contributed by atoms with E-state index in [0.29, 0.717) is 5.56 Å². The van der Waals surface area contributed by atoms with Gasteiger partial charge in [-0.1, -0.05) is 37.3 Å². The van der Waals surface area contributed by atoms with Crippen molar-refractivity contribution in [3.8, 4) is 11.3 Å². The lowest BCUT2D eigenvalue weighted by atomic mass is 10.0. The van der Waals surface area contributed by atoms with Crippen LogP contribution in [0, 0.1) is 0 Å². The second kappa shape index (κ2) is 6.60. The van der Waals surface area contributed by atoms with Gasteiger partial charge in [0.1, 0.15) is 0 Å². The standard InChI is InChI=1S/C18H21NO3/c1-4-13-5-7-14(8-6-13)16-10-9-15(11-17(20)21)18(22)19(16)12(2)3/h5-10,12H,4,11H2,1-3H3,(H,20,21). The lowest BCUT2D eigenvalue weighted by molar-refractivity contribution is -0.136. The number of aliphatic carboxylic acids is 1. The zero-order valence-electron chi connectivity index (χ0n) is 13.2. The molecule has 1 heterocycles. The average molecular weight is 299 g/mol. The summed E-state index contributed by atoms with van der Waals surface area (Å²) in [6, 6.07) is 11.5. The van der Waals surface area contributed by atoms with Gasteiger partial charge in [-0.3, -0.25) is 9.59 Å². The number of carbonyl (C=O) groups is 1.